The SMILES string of the molecule is CCC(N)(c1ccccc1)c1cnccc1C. The van der Waals surface area contributed by atoms with Crippen LogP contribution in [-0.4, -0.2) is 4.98 Å². The Labute approximate surface area is 103 Å². The number of rotatable bonds is 3. The molecular weight excluding hydrogens is 208 g/mol. The Morgan fingerprint density at radius 2 is 1.88 bits per heavy atom. The molecule has 0 spiro atoms. The number of nitrogens with two attached hydrogens (primary N) is 1. The van der Waals surface area contributed by atoms with Crippen LogP contribution in [0.25, 0.3) is 0 Å². The van der Waals surface area contributed by atoms with Gasteiger partial charge in [-0.2, -0.15) is 0 Å². The monoisotopic (exact) mass is 226 g/mol. The maximum atomic E-state index is 6.60. The van der Waals surface area contributed by atoms with Crippen LogP contribution in [0.1, 0.15) is 30.0 Å². The minimum atomic E-state index is -0.445. The molecule has 0 aliphatic rings. The fourth-order valence-electron chi connectivity index (χ4n) is 2.22. The van der Waals surface area contributed by atoms with Crippen LogP contribution in [0.3, 0.4) is 0 Å². The molecule has 2 nitrogen and oxygen atoms in total. The van der Waals surface area contributed by atoms with Gasteiger partial charge in [-0.05, 0) is 36.1 Å². The number of benzene rings is 1. The van der Waals surface area contributed by atoms with Gasteiger partial charge in [-0.25, -0.2) is 0 Å². The molecule has 0 fully saturated rings. The predicted octanol–water partition coefficient (Wildman–Crippen LogP) is 3.00. The molecule has 2 heteroatoms. The van der Waals surface area contributed by atoms with Crippen molar-refractivity contribution >= 4 is 0 Å². The lowest BCUT2D eigenvalue weighted by atomic mass is 9.80. The molecule has 1 heterocycles. The second kappa shape index (κ2) is 4.68. The summed E-state index contributed by atoms with van der Waals surface area (Å²) in [5.74, 6) is 0. The summed E-state index contributed by atoms with van der Waals surface area (Å²) in [6, 6.07) is 12.2. The van der Waals surface area contributed by atoms with Gasteiger partial charge in [0.05, 0.1) is 5.54 Å². The van der Waals surface area contributed by atoms with Crippen molar-refractivity contribution in [3.8, 4) is 0 Å². The van der Waals surface area contributed by atoms with Crippen LogP contribution in [0, 0.1) is 6.92 Å². The summed E-state index contributed by atoms with van der Waals surface area (Å²) in [4.78, 5) is 4.21. The van der Waals surface area contributed by atoms with E-state index in [4.69, 9.17) is 5.73 Å². The van der Waals surface area contributed by atoms with Crippen LogP contribution in [-0.2, 0) is 5.54 Å². The van der Waals surface area contributed by atoms with Crippen LogP contribution in [0.5, 0.6) is 0 Å². The van der Waals surface area contributed by atoms with Crippen molar-refractivity contribution in [3.05, 3.63) is 65.5 Å². The summed E-state index contributed by atoms with van der Waals surface area (Å²) < 4.78 is 0. The van der Waals surface area contributed by atoms with Gasteiger partial charge in [0.25, 0.3) is 0 Å². The Kier molecular flexibility index (Phi) is 3.25. The quantitative estimate of drug-likeness (QED) is 0.873. The fraction of sp³-hybridized carbons (Fsp3) is 0.267. The zero-order valence-corrected chi connectivity index (χ0v) is 10.4. The summed E-state index contributed by atoms with van der Waals surface area (Å²) in [6.07, 6.45) is 4.54. The first-order chi connectivity index (χ1) is 8.18. The molecule has 0 aliphatic heterocycles. The Morgan fingerprint density at radius 3 is 2.47 bits per heavy atom. The lowest BCUT2D eigenvalue weighted by molar-refractivity contribution is 0.514. The van der Waals surface area contributed by atoms with E-state index in [1.807, 2.05) is 30.5 Å². The van der Waals surface area contributed by atoms with E-state index >= 15 is 0 Å². The Hall–Kier alpha value is -1.67. The molecule has 17 heavy (non-hydrogen) atoms. The molecule has 88 valence electrons. The highest BCUT2D eigenvalue weighted by atomic mass is 14.8. The third kappa shape index (κ3) is 2.08. The molecule has 0 saturated carbocycles. The highest BCUT2D eigenvalue weighted by Gasteiger charge is 2.28. The van der Waals surface area contributed by atoms with Gasteiger partial charge in [0.2, 0.25) is 0 Å². The van der Waals surface area contributed by atoms with Crippen LogP contribution < -0.4 is 5.73 Å². The molecule has 0 bridgehead atoms. The number of hydrogen-bond acceptors (Lipinski definition) is 2. The van der Waals surface area contributed by atoms with Gasteiger partial charge < -0.3 is 5.73 Å². The molecule has 0 aliphatic carbocycles. The van der Waals surface area contributed by atoms with E-state index in [0.29, 0.717) is 0 Å². The number of aromatic nitrogens is 1. The van der Waals surface area contributed by atoms with E-state index in [2.05, 4.69) is 31.0 Å². The molecular formula is C15H18N2. The van der Waals surface area contributed by atoms with Crippen molar-refractivity contribution in [1.82, 2.24) is 4.98 Å². The zero-order valence-electron chi connectivity index (χ0n) is 10.4. The van der Waals surface area contributed by atoms with E-state index in [9.17, 15) is 0 Å². The third-order valence-electron chi connectivity index (χ3n) is 3.37. The van der Waals surface area contributed by atoms with Crippen LogP contribution >= 0.6 is 0 Å². The molecule has 1 aromatic carbocycles. The van der Waals surface area contributed by atoms with Crippen molar-refractivity contribution < 1.29 is 0 Å². The first-order valence-electron chi connectivity index (χ1n) is 5.94. The second-order valence-electron chi connectivity index (χ2n) is 4.38. The Bertz CT molecular complexity index is 493. The summed E-state index contributed by atoms with van der Waals surface area (Å²) in [5, 5.41) is 0. The Morgan fingerprint density at radius 1 is 1.18 bits per heavy atom. The van der Waals surface area contributed by atoms with Crippen LogP contribution in [0.4, 0.5) is 0 Å². The average molecular weight is 226 g/mol. The first-order valence-corrected chi connectivity index (χ1v) is 5.94. The van der Waals surface area contributed by atoms with Crippen LogP contribution in [0.15, 0.2) is 48.8 Å². The normalized spacial score (nSPS) is 14.3. The molecule has 0 saturated heterocycles. The molecule has 2 rings (SSSR count). The highest BCUT2D eigenvalue weighted by molar-refractivity contribution is 5.40. The molecule has 2 N–H and O–H groups in total. The number of aryl methyl sites for hydroxylation is 1. The molecule has 2 aromatic rings. The second-order valence-corrected chi connectivity index (χ2v) is 4.38. The van der Waals surface area contributed by atoms with Gasteiger partial charge in [-0.1, -0.05) is 37.3 Å². The maximum Gasteiger partial charge on any atom is 0.0680 e. The first kappa shape index (κ1) is 11.8. The van der Waals surface area contributed by atoms with Gasteiger partial charge in [-0.3, -0.25) is 4.98 Å². The summed E-state index contributed by atoms with van der Waals surface area (Å²) in [6.45, 7) is 4.19. The molecule has 0 amide bonds. The van der Waals surface area contributed by atoms with Gasteiger partial charge in [0.15, 0.2) is 0 Å². The largest absolute Gasteiger partial charge is 0.318 e. The van der Waals surface area contributed by atoms with Crippen LogP contribution in [0.2, 0.25) is 0 Å². The van der Waals surface area contributed by atoms with Crippen molar-refractivity contribution in [2.24, 2.45) is 5.73 Å². The van der Waals surface area contributed by atoms with Gasteiger partial charge in [-0.15, -0.1) is 0 Å². The summed E-state index contributed by atoms with van der Waals surface area (Å²) in [5.41, 5.74) is 9.59. The zero-order chi connectivity index (χ0) is 12.3. The van der Waals surface area contributed by atoms with Crippen molar-refractivity contribution in [3.63, 3.8) is 0 Å². The Balaban J connectivity index is 2.56. The molecule has 0 radical (unpaired) electrons. The number of hydrogen-bond donors (Lipinski definition) is 1. The minimum Gasteiger partial charge on any atom is -0.318 e. The smallest absolute Gasteiger partial charge is 0.0680 e. The van der Waals surface area contributed by atoms with Crippen molar-refractivity contribution in [1.29, 1.82) is 0 Å². The van der Waals surface area contributed by atoms with E-state index in [1.165, 1.54) is 5.56 Å². The number of pyridine rings is 1. The average Bonchev–Trinajstić information content (AvgIpc) is 2.39. The van der Waals surface area contributed by atoms with E-state index in [0.717, 1.165) is 17.5 Å². The molecule has 1 aromatic heterocycles. The molecule has 1 atom stereocenters. The van der Waals surface area contributed by atoms with Gasteiger partial charge in [0, 0.05) is 12.4 Å². The predicted molar refractivity (Wildman–Crippen MR) is 70.7 cm³/mol. The minimum absolute atomic E-state index is 0.445. The topological polar surface area (TPSA) is 38.9 Å². The van der Waals surface area contributed by atoms with Gasteiger partial charge in [0.1, 0.15) is 0 Å². The van der Waals surface area contributed by atoms with E-state index in [1.54, 1.807) is 6.20 Å². The lowest BCUT2D eigenvalue weighted by Gasteiger charge is -2.30. The van der Waals surface area contributed by atoms with E-state index in [-0.39, 0.29) is 0 Å². The maximum absolute atomic E-state index is 6.60. The van der Waals surface area contributed by atoms with Crippen molar-refractivity contribution in [2.45, 2.75) is 25.8 Å². The fourth-order valence-corrected chi connectivity index (χ4v) is 2.22. The van der Waals surface area contributed by atoms with E-state index < -0.39 is 5.54 Å². The third-order valence-corrected chi connectivity index (χ3v) is 3.37. The summed E-state index contributed by atoms with van der Waals surface area (Å²) in [7, 11) is 0. The standard InChI is InChI=1S/C15H18N2/c1-3-15(16,13-7-5-4-6-8-13)14-11-17-10-9-12(14)2/h4-11H,3,16H2,1-2H3. The van der Waals surface area contributed by atoms with Gasteiger partial charge >= 0.3 is 0 Å². The summed E-state index contributed by atoms with van der Waals surface area (Å²) >= 11 is 0. The molecule has 1 unspecified atom stereocenters. The number of nitrogens with zero attached hydrogens (tertiary/aromatic N) is 1. The van der Waals surface area contributed by atoms with Crippen molar-refractivity contribution in [2.75, 3.05) is 0 Å². The highest BCUT2D eigenvalue weighted by Crippen LogP contribution is 2.31. The lowest BCUT2D eigenvalue weighted by Crippen LogP contribution is -2.38.